The van der Waals surface area contributed by atoms with Gasteiger partial charge in [0.1, 0.15) is 0 Å². The molecule has 0 radical (unpaired) electrons. The number of nitrogens with zero attached hydrogens (tertiary/aromatic N) is 1. The van der Waals surface area contributed by atoms with Crippen molar-refractivity contribution in [3.63, 3.8) is 0 Å². The molecule has 1 aromatic heterocycles. The van der Waals surface area contributed by atoms with Gasteiger partial charge in [-0.3, -0.25) is 4.79 Å². The second-order valence-electron chi connectivity index (χ2n) is 2.85. The van der Waals surface area contributed by atoms with E-state index in [2.05, 4.69) is 0 Å². The number of rotatable bonds is 1. The molecule has 0 amide bonds. The molecule has 14 heavy (non-hydrogen) atoms. The third-order valence-electron chi connectivity index (χ3n) is 2.01. The van der Waals surface area contributed by atoms with Crippen molar-refractivity contribution in [3.8, 4) is 0 Å². The van der Waals surface area contributed by atoms with Gasteiger partial charge in [0, 0.05) is 13.1 Å². The van der Waals surface area contributed by atoms with Crippen LogP contribution >= 0.6 is 0 Å². The number of aromatic nitrogens is 1. The molecular weight excluding hydrogens is 221 g/mol. The van der Waals surface area contributed by atoms with E-state index in [1.54, 1.807) is 0 Å². The average molecular weight is 229 g/mol. The van der Waals surface area contributed by atoms with E-state index in [1.165, 1.54) is 14.0 Å². The predicted octanol–water partition coefficient (Wildman–Crippen LogP) is -2.25. The summed E-state index contributed by atoms with van der Waals surface area (Å²) in [5.41, 5.74) is -1.18. The van der Waals surface area contributed by atoms with Crippen LogP contribution in [0.5, 0.6) is 0 Å². The summed E-state index contributed by atoms with van der Waals surface area (Å²) < 4.78 is 37.9. The molecule has 0 atom stereocenters. The van der Waals surface area contributed by atoms with Crippen LogP contribution in [0, 0.1) is 6.92 Å². The van der Waals surface area contributed by atoms with E-state index >= 15 is 0 Å². The summed E-state index contributed by atoms with van der Waals surface area (Å²) in [6, 6.07) is 1.76. The van der Waals surface area contributed by atoms with Gasteiger partial charge >= 0.3 is 58.4 Å². The quantitative estimate of drug-likeness (QED) is 0.499. The fourth-order valence-corrected chi connectivity index (χ4v) is 1.10. The summed E-state index contributed by atoms with van der Waals surface area (Å²) >= 11 is 0. The van der Waals surface area contributed by atoms with E-state index in [0.717, 1.165) is 16.7 Å². The van der Waals surface area contributed by atoms with Gasteiger partial charge in [-0.15, -0.1) is 0 Å². The SMILES string of the molecule is Cc1c([B-](F)(F)F)ccc(=O)n1C.[K+]. The summed E-state index contributed by atoms with van der Waals surface area (Å²) in [6.07, 6.45) is 0. The Morgan fingerprint density at radius 1 is 1.29 bits per heavy atom. The van der Waals surface area contributed by atoms with Crippen LogP contribution in [0.4, 0.5) is 12.9 Å². The Hall–Kier alpha value is 0.441. The van der Waals surface area contributed by atoms with Crippen LogP contribution in [-0.2, 0) is 7.05 Å². The van der Waals surface area contributed by atoms with Crippen LogP contribution in [0.1, 0.15) is 5.69 Å². The van der Waals surface area contributed by atoms with Crippen LogP contribution in [0.3, 0.4) is 0 Å². The summed E-state index contributed by atoms with van der Waals surface area (Å²) in [5, 5.41) is 0. The Morgan fingerprint density at radius 2 is 1.79 bits per heavy atom. The maximum atomic E-state index is 12.3. The molecular formula is C7H8BF3KNO. The van der Waals surface area contributed by atoms with Gasteiger partial charge in [-0.05, 0) is 12.6 Å². The molecule has 0 fully saturated rings. The Kier molecular flexibility index (Phi) is 5.14. The molecule has 1 heterocycles. The van der Waals surface area contributed by atoms with E-state index < -0.39 is 18.0 Å². The largest absolute Gasteiger partial charge is 1.00 e. The van der Waals surface area contributed by atoms with Gasteiger partial charge in [0.15, 0.2) is 0 Å². The van der Waals surface area contributed by atoms with Crippen LogP contribution < -0.4 is 62.4 Å². The molecule has 0 bridgehead atoms. The average Bonchev–Trinajstić information content (AvgIpc) is 1.98. The first-order chi connectivity index (χ1) is 5.84. The molecule has 1 aromatic rings. The zero-order chi connectivity index (χ0) is 10.2. The van der Waals surface area contributed by atoms with E-state index in [9.17, 15) is 17.7 Å². The fourth-order valence-electron chi connectivity index (χ4n) is 1.10. The van der Waals surface area contributed by atoms with Crippen LogP contribution in [0.15, 0.2) is 16.9 Å². The molecule has 0 aromatic carbocycles. The van der Waals surface area contributed by atoms with Crippen molar-refractivity contribution in [1.29, 1.82) is 0 Å². The molecule has 7 heteroatoms. The molecule has 2 nitrogen and oxygen atoms in total. The van der Waals surface area contributed by atoms with Crippen molar-refractivity contribution in [2.24, 2.45) is 7.05 Å². The molecule has 1 rings (SSSR count). The molecule has 0 N–H and O–H groups in total. The minimum absolute atomic E-state index is 0. The molecule has 0 saturated carbocycles. The molecule has 72 valence electrons. The maximum Gasteiger partial charge on any atom is 1.00 e. The normalized spacial score (nSPS) is 10.9. The topological polar surface area (TPSA) is 22.0 Å². The Labute approximate surface area is 122 Å². The van der Waals surface area contributed by atoms with Gasteiger partial charge in [-0.25, -0.2) is 0 Å². The molecule has 0 aliphatic carbocycles. The summed E-state index contributed by atoms with van der Waals surface area (Å²) in [5.74, 6) is 0. The van der Waals surface area contributed by atoms with Crippen molar-refractivity contribution in [1.82, 2.24) is 4.57 Å². The van der Waals surface area contributed by atoms with Gasteiger partial charge in [-0.1, -0.05) is 11.5 Å². The summed E-state index contributed by atoms with van der Waals surface area (Å²) in [6.45, 7) is -3.74. The molecule has 0 aliphatic rings. The molecule has 0 aliphatic heterocycles. The standard InChI is InChI=1S/C7H8BF3NO.K/c1-5-6(8(9,10)11)3-4-7(13)12(5)2;/h3-4H,1-2H3;/q-1;+1. The monoisotopic (exact) mass is 229 g/mol. The predicted molar refractivity (Wildman–Crippen MR) is 45.1 cm³/mol. The van der Waals surface area contributed by atoms with Gasteiger partial charge in [0.05, 0.1) is 0 Å². The van der Waals surface area contributed by atoms with E-state index in [-0.39, 0.29) is 57.1 Å². The van der Waals surface area contributed by atoms with Gasteiger partial charge < -0.3 is 17.5 Å². The number of hydrogen-bond donors (Lipinski definition) is 0. The summed E-state index contributed by atoms with van der Waals surface area (Å²) in [7, 11) is 1.32. The van der Waals surface area contributed by atoms with Crippen molar-refractivity contribution in [2.45, 2.75) is 6.92 Å². The van der Waals surface area contributed by atoms with Crippen molar-refractivity contribution >= 4 is 12.4 Å². The Bertz CT molecular complexity index is 388. The van der Waals surface area contributed by atoms with Crippen LogP contribution in [0.2, 0.25) is 0 Å². The first-order valence-corrected chi connectivity index (χ1v) is 3.70. The Morgan fingerprint density at radius 3 is 2.21 bits per heavy atom. The van der Waals surface area contributed by atoms with E-state index in [4.69, 9.17) is 0 Å². The second-order valence-corrected chi connectivity index (χ2v) is 2.85. The van der Waals surface area contributed by atoms with E-state index in [0.29, 0.717) is 0 Å². The van der Waals surface area contributed by atoms with Gasteiger partial charge in [-0.2, -0.15) is 0 Å². The first-order valence-electron chi connectivity index (χ1n) is 3.70. The molecule has 0 unspecified atom stereocenters. The zero-order valence-corrected chi connectivity index (χ0v) is 11.3. The Balaban J connectivity index is 0.00000169. The first kappa shape index (κ1) is 14.4. The van der Waals surface area contributed by atoms with Gasteiger partial charge in [0.2, 0.25) is 5.56 Å². The number of hydrogen-bond acceptors (Lipinski definition) is 1. The maximum absolute atomic E-state index is 12.3. The van der Waals surface area contributed by atoms with Gasteiger partial charge in [0.25, 0.3) is 0 Å². The number of pyridine rings is 1. The van der Waals surface area contributed by atoms with Crippen molar-refractivity contribution in [2.75, 3.05) is 0 Å². The third kappa shape index (κ3) is 2.96. The zero-order valence-electron chi connectivity index (χ0n) is 8.22. The van der Waals surface area contributed by atoms with Crippen LogP contribution in [-0.4, -0.2) is 11.5 Å². The summed E-state index contributed by atoms with van der Waals surface area (Å²) in [4.78, 5) is 10.9. The minimum Gasteiger partial charge on any atom is -0.445 e. The van der Waals surface area contributed by atoms with E-state index in [1.807, 2.05) is 0 Å². The van der Waals surface area contributed by atoms with Crippen LogP contribution in [0.25, 0.3) is 0 Å². The minimum atomic E-state index is -5.02. The van der Waals surface area contributed by atoms with Crippen molar-refractivity contribution < 1.29 is 64.3 Å². The second kappa shape index (κ2) is 4.98. The van der Waals surface area contributed by atoms with Crippen molar-refractivity contribution in [3.05, 3.63) is 28.2 Å². The smallest absolute Gasteiger partial charge is 0.445 e. The fraction of sp³-hybridized carbons (Fsp3) is 0.286. The molecule has 0 spiro atoms. The third-order valence-corrected chi connectivity index (χ3v) is 2.01. The number of halogens is 3. The molecule has 0 saturated heterocycles.